The Morgan fingerprint density at radius 3 is 3.19 bits per heavy atom. The van der Waals surface area contributed by atoms with Crippen LogP contribution in [0.3, 0.4) is 0 Å². The van der Waals surface area contributed by atoms with Gasteiger partial charge >= 0.3 is 5.97 Å². The molecule has 84 valence electrons. The van der Waals surface area contributed by atoms with Gasteiger partial charge in [0.15, 0.2) is 0 Å². The number of carboxylic acids is 1. The Kier molecular flexibility index (Phi) is 3.11. The molecule has 2 aromatic heterocycles. The molecule has 0 saturated heterocycles. The highest BCUT2D eigenvalue weighted by Crippen LogP contribution is 2.00. The highest BCUT2D eigenvalue weighted by atomic mass is 16.4. The highest BCUT2D eigenvalue weighted by molar-refractivity contribution is 5.66. The van der Waals surface area contributed by atoms with Crippen LogP contribution in [0.15, 0.2) is 24.7 Å². The van der Waals surface area contributed by atoms with Gasteiger partial charge in [-0.25, -0.2) is 9.97 Å². The van der Waals surface area contributed by atoms with Crippen molar-refractivity contribution in [3.8, 4) is 0 Å². The smallest absolute Gasteiger partial charge is 0.304 e. The van der Waals surface area contributed by atoms with Gasteiger partial charge in [-0.15, -0.1) is 0 Å². The van der Waals surface area contributed by atoms with Gasteiger partial charge in [0.25, 0.3) is 0 Å². The molecule has 0 spiro atoms. The third-order valence-corrected chi connectivity index (χ3v) is 2.11. The minimum Gasteiger partial charge on any atom is -0.481 e. The number of hydrogen-bond acceptors (Lipinski definition) is 4. The highest BCUT2D eigenvalue weighted by Gasteiger charge is 2.01. The van der Waals surface area contributed by atoms with Crippen LogP contribution >= 0.6 is 0 Å². The first-order valence-corrected chi connectivity index (χ1v) is 4.97. The first-order valence-electron chi connectivity index (χ1n) is 4.97. The van der Waals surface area contributed by atoms with Crippen LogP contribution in [0.1, 0.15) is 12.1 Å². The minimum atomic E-state index is -0.802. The van der Waals surface area contributed by atoms with E-state index in [1.807, 2.05) is 22.9 Å². The Hall–Kier alpha value is -1.95. The number of carbonyl (C=O) groups is 1. The molecule has 0 atom stereocenters. The fourth-order valence-corrected chi connectivity index (χ4v) is 1.38. The van der Waals surface area contributed by atoms with Crippen LogP contribution in [0.25, 0.3) is 5.78 Å². The van der Waals surface area contributed by atoms with Crippen LogP contribution in [-0.4, -0.2) is 32.0 Å². The number of imidazole rings is 1. The molecular formula is C10H12N4O2. The van der Waals surface area contributed by atoms with Gasteiger partial charge in [0.2, 0.25) is 5.78 Å². The van der Waals surface area contributed by atoms with Crippen molar-refractivity contribution >= 4 is 11.7 Å². The molecule has 0 aromatic carbocycles. The first-order chi connectivity index (χ1) is 7.75. The summed E-state index contributed by atoms with van der Waals surface area (Å²) in [5, 5.41) is 11.5. The summed E-state index contributed by atoms with van der Waals surface area (Å²) >= 11 is 0. The predicted molar refractivity (Wildman–Crippen MR) is 56.9 cm³/mol. The lowest BCUT2D eigenvalue weighted by Gasteiger charge is -1.98. The molecule has 2 N–H and O–H groups in total. The quantitative estimate of drug-likeness (QED) is 0.708. The SMILES string of the molecule is O=C(O)CCNCc1cn2cccnc2n1. The van der Waals surface area contributed by atoms with Crippen molar-refractivity contribution in [2.24, 2.45) is 0 Å². The zero-order valence-electron chi connectivity index (χ0n) is 8.63. The van der Waals surface area contributed by atoms with E-state index in [0.717, 1.165) is 5.69 Å². The Morgan fingerprint density at radius 2 is 2.44 bits per heavy atom. The number of fused-ring (bicyclic) bond motifs is 1. The summed E-state index contributed by atoms with van der Waals surface area (Å²) in [4.78, 5) is 18.6. The molecule has 2 rings (SSSR count). The fourth-order valence-electron chi connectivity index (χ4n) is 1.38. The molecular weight excluding hydrogens is 208 g/mol. The number of aromatic nitrogens is 3. The molecule has 0 unspecified atom stereocenters. The van der Waals surface area contributed by atoms with Crippen LogP contribution in [0.2, 0.25) is 0 Å². The second-order valence-corrected chi connectivity index (χ2v) is 3.38. The number of hydrogen-bond donors (Lipinski definition) is 2. The summed E-state index contributed by atoms with van der Waals surface area (Å²) < 4.78 is 1.83. The average Bonchev–Trinajstić information content (AvgIpc) is 2.66. The van der Waals surface area contributed by atoms with Crippen molar-refractivity contribution in [1.29, 1.82) is 0 Å². The molecule has 6 nitrogen and oxygen atoms in total. The summed E-state index contributed by atoms with van der Waals surface area (Å²) in [7, 11) is 0. The van der Waals surface area contributed by atoms with Gasteiger partial charge in [0.05, 0.1) is 12.1 Å². The maximum atomic E-state index is 10.3. The van der Waals surface area contributed by atoms with E-state index in [0.29, 0.717) is 18.9 Å². The van der Waals surface area contributed by atoms with Crippen molar-refractivity contribution in [3.05, 3.63) is 30.4 Å². The topological polar surface area (TPSA) is 79.5 Å². The van der Waals surface area contributed by atoms with Crippen LogP contribution in [0.5, 0.6) is 0 Å². The molecule has 0 fully saturated rings. The molecule has 0 bridgehead atoms. The van der Waals surface area contributed by atoms with E-state index in [1.165, 1.54) is 0 Å². The van der Waals surface area contributed by atoms with Gasteiger partial charge in [0.1, 0.15) is 0 Å². The van der Waals surface area contributed by atoms with E-state index in [-0.39, 0.29) is 6.42 Å². The maximum Gasteiger partial charge on any atom is 0.304 e. The number of nitrogens with one attached hydrogen (secondary N) is 1. The molecule has 0 aliphatic heterocycles. The zero-order valence-corrected chi connectivity index (χ0v) is 8.63. The van der Waals surface area contributed by atoms with Crippen molar-refractivity contribution in [2.45, 2.75) is 13.0 Å². The van der Waals surface area contributed by atoms with Gasteiger partial charge in [-0.2, -0.15) is 0 Å². The number of nitrogens with zero attached hydrogens (tertiary/aromatic N) is 3. The lowest BCUT2D eigenvalue weighted by Crippen LogP contribution is -2.17. The van der Waals surface area contributed by atoms with E-state index < -0.39 is 5.97 Å². The fraction of sp³-hybridized carbons (Fsp3) is 0.300. The number of rotatable bonds is 5. The number of aliphatic carboxylic acids is 1. The second kappa shape index (κ2) is 4.71. The average molecular weight is 220 g/mol. The van der Waals surface area contributed by atoms with Crippen molar-refractivity contribution in [1.82, 2.24) is 19.7 Å². The van der Waals surface area contributed by atoms with Gasteiger partial charge in [-0.05, 0) is 6.07 Å². The van der Waals surface area contributed by atoms with Gasteiger partial charge in [-0.3, -0.25) is 9.20 Å². The molecule has 6 heteroatoms. The normalized spacial score (nSPS) is 10.8. The maximum absolute atomic E-state index is 10.3. The van der Waals surface area contributed by atoms with Crippen LogP contribution in [-0.2, 0) is 11.3 Å². The van der Waals surface area contributed by atoms with E-state index in [9.17, 15) is 4.79 Å². The largest absolute Gasteiger partial charge is 0.481 e. The minimum absolute atomic E-state index is 0.117. The number of carboxylic acid groups (broad SMARTS) is 1. The summed E-state index contributed by atoms with van der Waals surface area (Å²) in [6, 6.07) is 1.83. The third-order valence-electron chi connectivity index (χ3n) is 2.11. The predicted octanol–water partition coefficient (Wildman–Crippen LogP) is 0.294. The van der Waals surface area contributed by atoms with E-state index in [4.69, 9.17) is 5.11 Å². The van der Waals surface area contributed by atoms with Crippen molar-refractivity contribution < 1.29 is 9.90 Å². The Bertz CT molecular complexity index is 461. The van der Waals surface area contributed by atoms with Gasteiger partial charge < -0.3 is 10.4 Å². The molecule has 2 heterocycles. The Morgan fingerprint density at radius 1 is 1.56 bits per heavy atom. The lowest BCUT2D eigenvalue weighted by molar-refractivity contribution is -0.136. The third kappa shape index (κ3) is 2.54. The van der Waals surface area contributed by atoms with Gasteiger partial charge in [0, 0.05) is 31.7 Å². The van der Waals surface area contributed by atoms with Crippen LogP contribution < -0.4 is 5.32 Å². The standard InChI is InChI=1S/C10H12N4O2/c15-9(16)2-4-11-6-8-7-14-5-1-3-12-10(14)13-8/h1,3,5,7,11H,2,4,6H2,(H,15,16). The van der Waals surface area contributed by atoms with Gasteiger partial charge in [-0.1, -0.05) is 0 Å². The van der Waals surface area contributed by atoms with Crippen molar-refractivity contribution in [3.63, 3.8) is 0 Å². The zero-order chi connectivity index (χ0) is 11.4. The first kappa shape index (κ1) is 10.6. The molecule has 0 amide bonds. The molecule has 0 saturated carbocycles. The molecule has 0 aliphatic rings. The molecule has 0 aliphatic carbocycles. The molecule has 2 aromatic rings. The Balaban J connectivity index is 1.92. The van der Waals surface area contributed by atoms with E-state index in [2.05, 4.69) is 15.3 Å². The van der Waals surface area contributed by atoms with Crippen LogP contribution in [0, 0.1) is 0 Å². The summed E-state index contributed by atoms with van der Waals surface area (Å²) in [6.45, 7) is 0.993. The Labute approximate surface area is 92.0 Å². The second-order valence-electron chi connectivity index (χ2n) is 3.38. The molecule has 0 radical (unpaired) electrons. The summed E-state index contributed by atoms with van der Waals surface area (Å²) in [5.41, 5.74) is 0.851. The lowest BCUT2D eigenvalue weighted by atomic mass is 10.4. The monoisotopic (exact) mass is 220 g/mol. The summed E-state index contributed by atoms with van der Waals surface area (Å²) in [5.74, 6) is -0.151. The summed E-state index contributed by atoms with van der Waals surface area (Å²) in [6.07, 6.45) is 5.54. The molecule has 16 heavy (non-hydrogen) atoms. The van der Waals surface area contributed by atoms with Crippen molar-refractivity contribution in [2.75, 3.05) is 6.54 Å². The van der Waals surface area contributed by atoms with Crippen LogP contribution in [0.4, 0.5) is 0 Å². The van der Waals surface area contributed by atoms with E-state index in [1.54, 1.807) is 6.20 Å². The van der Waals surface area contributed by atoms with E-state index >= 15 is 0 Å².